The highest BCUT2D eigenvalue weighted by Crippen LogP contribution is 2.23. The van der Waals surface area contributed by atoms with E-state index < -0.39 is 5.91 Å². The molecule has 104 valence electrons. The van der Waals surface area contributed by atoms with Crippen LogP contribution in [-0.2, 0) is 6.54 Å². The predicted octanol–water partition coefficient (Wildman–Crippen LogP) is 2.45. The van der Waals surface area contributed by atoms with Gasteiger partial charge in [-0.3, -0.25) is 9.78 Å². The third-order valence-corrected chi connectivity index (χ3v) is 2.97. The number of hydrogen-bond donors (Lipinski definition) is 2. The van der Waals surface area contributed by atoms with Crippen LogP contribution in [-0.4, -0.2) is 18.0 Å². The molecule has 1 heterocycles. The van der Waals surface area contributed by atoms with Crippen LogP contribution in [0.5, 0.6) is 5.75 Å². The van der Waals surface area contributed by atoms with Gasteiger partial charge in [0.1, 0.15) is 11.4 Å². The van der Waals surface area contributed by atoms with Gasteiger partial charge in [0, 0.05) is 29.0 Å². The van der Waals surface area contributed by atoms with Crippen LogP contribution in [0.1, 0.15) is 16.1 Å². The summed E-state index contributed by atoms with van der Waals surface area (Å²) in [7, 11) is 1.60. The first-order chi connectivity index (χ1) is 9.60. The smallest absolute Gasteiger partial charge is 0.267 e. The van der Waals surface area contributed by atoms with Gasteiger partial charge in [0.05, 0.1) is 7.11 Å². The number of benzene rings is 1. The van der Waals surface area contributed by atoms with E-state index in [9.17, 15) is 4.79 Å². The summed E-state index contributed by atoms with van der Waals surface area (Å²) in [6.07, 6.45) is 1.53. The highest BCUT2D eigenvalue weighted by molar-refractivity contribution is 6.30. The molecule has 0 atom stereocenters. The van der Waals surface area contributed by atoms with Crippen molar-refractivity contribution in [1.29, 1.82) is 0 Å². The van der Waals surface area contributed by atoms with E-state index in [0.717, 1.165) is 17.0 Å². The first-order valence-corrected chi connectivity index (χ1v) is 6.30. The minimum Gasteiger partial charge on any atom is -0.496 e. The highest BCUT2D eigenvalue weighted by Gasteiger charge is 2.06. The molecule has 0 unspecified atom stereocenters. The van der Waals surface area contributed by atoms with E-state index in [4.69, 9.17) is 22.1 Å². The lowest BCUT2D eigenvalue weighted by Crippen LogP contribution is -2.13. The quantitative estimate of drug-likeness (QED) is 0.887. The number of pyridine rings is 1. The molecule has 2 aromatic rings. The summed E-state index contributed by atoms with van der Waals surface area (Å²) in [6, 6.07) is 8.74. The Labute approximate surface area is 121 Å². The monoisotopic (exact) mass is 291 g/mol. The Morgan fingerprint density at radius 2 is 2.20 bits per heavy atom. The second-order valence-electron chi connectivity index (χ2n) is 4.10. The third-order valence-electron chi connectivity index (χ3n) is 2.74. The fourth-order valence-corrected chi connectivity index (χ4v) is 1.95. The number of anilines is 1. The molecule has 1 aromatic heterocycles. The molecule has 2 rings (SSSR count). The molecule has 1 amide bonds. The first kappa shape index (κ1) is 14.1. The predicted molar refractivity (Wildman–Crippen MR) is 78.1 cm³/mol. The zero-order valence-electron chi connectivity index (χ0n) is 10.9. The number of primary amides is 1. The number of carbonyl (C=O) groups is 1. The summed E-state index contributed by atoms with van der Waals surface area (Å²) in [4.78, 5) is 14.9. The average Bonchev–Trinajstić information content (AvgIpc) is 2.45. The molecule has 20 heavy (non-hydrogen) atoms. The van der Waals surface area contributed by atoms with Gasteiger partial charge in [0.15, 0.2) is 0 Å². The van der Waals surface area contributed by atoms with Crippen LogP contribution in [0.15, 0.2) is 36.5 Å². The molecule has 0 spiro atoms. The molecular weight excluding hydrogens is 278 g/mol. The number of methoxy groups -OCH3 is 1. The minimum absolute atomic E-state index is 0.216. The third kappa shape index (κ3) is 3.39. The fourth-order valence-electron chi connectivity index (χ4n) is 1.76. The van der Waals surface area contributed by atoms with Gasteiger partial charge in [0.25, 0.3) is 5.91 Å². The number of nitrogens with one attached hydrogen (secondary N) is 1. The number of nitrogens with two attached hydrogens (primary N) is 1. The molecule has 1 aromatic carbocycles. The van der Waals surface area contributed by atoms with Gasteiger partial charge in [0.2, 0.25) is 0 Å². The Morgan fingerprint density at radius 1 is 1.40 bits per heavy atom. The van der Waals surface area contributed by atoms with Gasteiger partial charge >= 0.3 is 0 Å². The standard InChI is InChI=1S/C14H14ClN3O2/c1-20-13-3-2-10(15)6-9(13)8-18-11-4-5-17-12(7-11)14(16)19/h2-7H,8H2,1H3,(H2,16,19)(H,17,18). The molecule has 0 fully saturated rings. The van der Waals surface area contributed by atoms with Crippen molar-refractivity contribution in [2.75, 3.05) is 12.4 Å². The van der Waals surface area contributed by atoms with E-state index >= 15 is 0 Å². The second-order valence-corrected chi connectivity index (χ2v) is 4.54. The Kier molecular flexibility index (Phi) is 4.42. The van der Waals surface area contributed by atoms with Gasteiger partial charge < -0.3 is 15.8 Å². The van der Waals surface area contributed by atoms with Crippen molar-refractivity contribution in [3.63, 3.8) is 0 Å². The maximum Gasteiger partial charge on any atom is 0.267 e. The fraction of sp³-hybridized carbons (Fsp3) is 0.143. The number of nitrogens with zero attached hydrogens (tertiary/aromatic N) is 1. The summed E-state index contributed by atoms with van der Waals surface area (Å²) in [5, 5.41) is 3.81. The van der Waals surface area contributed by atoms with Crippen molar-refractivity contribution in [3.8, 4) is 5.75 Å². The van der Waals surface area contributed by atoms with E-state index in [-0.39, 0.29) is 5.69 Å². The maximum absolute atomic E-state index is 11.1. The van der Waals surface area contributed by atoms with E-state index in [2.05, 4.69) is 10.3 Å². The van der Waals surface area contributed by atoms with Crippen molar-refractivity contribution in [3.05, 3.63) is 52.8 Å². The van der Waals surface area contributed by atoms with Crippen molar-refractivity contribution in [2.24, 2.45) is 5.73 Å². The Bertz CT molecular complexity index is 632. The lowest BCUT2D eigenvalue weighted by atomic mass is 10.2. The molecule has 0 aliphatic rings. The number of rotatable bonds is 5. The van der Waals surface area contributed by atoms with Crippen molar-refractivity contribution >= 4 is 23.2 Å². The van der Waals surface area contributed by atoms with Gasteiger partial charge in [-0.2, -0.15) is 0 Å². The molecule has 5 nitrogen and oxygen atoms in total. The van der Waals surface area contributed by atoms with Crippen LogP contribution in [0.25, 0.3) is 0 Å². The molecule has 0 bridgehead atoms. The summed E-state index contributed by atoms with van der Waals surface area (Å²) in [5.74, 6) is 0.181. The molecule has 3 N–H and O–H groups in total. The van der Waals surface area contributed by atoms with E-state index in [1.807, 2.05) is 6.07 Å². The van der Waals surface area contributed by atoms with E-state index in [1.54, 1.807) is 31.4 Å². The summed E-state index contributed by atoms with van der Waals surface area (Å²) >= 11 is 5.97. The van der Waals surface area contributed by atoms with Gasteiger partial charge in [-0.1, -0.05) is 11.6 Å². The molecule has 6 heteroatoms. The number of halogens is 1. The molecule has 0 radical (unpaired) electrons. The largest absolute Gasteiger partial charge is 0.496 e. The van der Waals surface area contributed by atoms with Crippen LogP contribution in [0, 0.1) is 0 Å². The minimum atomic E-state index is -0.561. The summed E-state index contributed by atoms with van der Waals surface area (Å²) in [5.41, 5.74) is 7.06. The average molecular weight is 292 g/mol. The van der Waals surface area contributed by atoms with Gasteiger partial charge in [-0.15, -0.1) is 0 Å². The topological polar surface area (TPSA) is 77.2 Å². The van der Waals surface area contributed by atoms with Crippen molar-refractivity contribution in [2.45, 2.75) is 6.54 Å². The number of ether oxygens (including phenoxy) is 1. The Morgan fingerprint density at radius 3 is 2.90 bits per heavy atom. The number of carbonyl (C=O) groups excluding carboxylic acids is 1. The molecule has 0 saturated heterocycles. The number of amides is 1. The molecule has 0 aliphatic heterocycles. The van der Waals surface area contributed by atoms with E-state index in [1.165, 1.54) is 6.20 Å². The molecular formula is C14H14ClN3O2. The van der Waals surface area contributed by atoms with Crippen LogP contribution >= 0.6 is 11.6 Å². The lowest BCUT2D eigenvalue weighted by Gasteiger charge is -2.11. The van der Waals surface area contributed by atoms with Crippen LogP contribution in [0.3, 0.4) is 0 Å². The van der Waals surface area contributed by atoms with Gasteiger partial charge in [-0.05, 0) is 30.3 Å². The van der Waals surface area contributed by atoms with Crippen molar-refractivity contribution in [1.82, 2.24) is 4.98 Å². The highest BCUT2D eigenvalue weighted by atomic mass is 35.5. The number of hydrogen-bond acceptors (Lipinski definition) is 4. The molecule has 0 aliphatic carbocycles. The summed E-state index contributed by atoms with van der Waals surface area (Å²) < 4.78 is 5.27. The Hall–Kier alpha value is -2.27. The van der Waals surface area contributed by atoms with Gasteiger partial charge in [-0.25, -0.2) is 0 Å². The first-order valence-electron chi connectivity index (χ1n) is 5.92. The second kappa shape index (κ2) is 6.25. The van der Waals surface area contributed by atoms with Crippen LogP contribution < -0.4 is 15.8 Å². The zero-order valence-corrected chi connectivity index (χ0v) is 11.6. The number of aromatic nitrogens is 1. The van der Waals surface area contributed by atoms with E-state index in [0.29, 0.717) is 11.6 Å². The normalized spacial score (nSPS) is 10.1. The molecule has 0 saturated carbocycles. The lowest BCUT2D eigenvalue weighted by molar-refractivity contribution is 0.0995. The van der Waals surface area contributed by atoms with Crippen LogP contribution in [0.2, 0.25) is 5.02 Å². The van der Waals surface area contributed by atoms with Crippen molar-refractivity contribution < 1.29 is 9.53 Å². The Balaban J connectivity index is 2.14. The SMILES string of the molecule is COc1ccc(Cl)cc1CNc1ccnc(C(N)=O)c1. The zero-order chi connectivity index (χ0) is 14.5. The maximum atomic E-state index is 11.1. The van der Waals surface area contributed by atoms with Crippen LogP contribution in [0.4, 0.5) is 5.69 Å². The summed E-state index contributed by atoms with van der Waals surface area (Å²) in [6.45, 7) is 0.506.